The molecule has 0 aliphatic heterocycles. The van der Waals surface area contributed by atoms with Crippen molar-refractivity contribution in [1.29, 1.82) is 0 Å². The van der Waals surface area contributed by atoms with E-state index in [0.717, 1.165) is 25.1 Å². The summed E-state index contributed by atoms with van der Waals surface area (Å²) in [5.74, 6) is -2.36. The fourth-order valence-electron chi connectivity index (χ4n) is 1.19. The van der Waals surface area contributed by atoms with Crippen LogP contribution in [0.3, 0.4) is 0 Å². The number of aliphatic carboxylic acids is 1. The molecule has 1 aromatic carbocycles. The molecule has 0 amide bonds. The van der Waals surface area contributed by atoms with E-state index in [9.17, 15) is 22.4 Å². The number of hydrogen-bond acceptors (Lipinski definition) is 1. The second kappa shape index (κ2) is 4.57. The number of carbonyl (C=O) groups is 1. The lowest BCUT2D eigenvalue weighted by molar-refractivity contribution is -0.138. The molecule has 0 aromatic heterocycles. The highest BCUT2D eigenvalue weighted by molar-refractivity contribution is 5.91. The van der Waals surface area contributed by atoms with Gasteiger partial charge < -0.3 is 5.11 Å². The van der Waals surface area contributed by atoms with Crippen molar-refractivity contribution in [2.45, 2.75) is 13.1 Å². The zero-order valence-electron chi connectivity index (χ0n) is 8.68. The molecule has 0 fully saturated rings. The summed E-state index contributed by atoms with van der Waals surface area (Å²) < 4.78 is 50.3. The largest absolute Gasteiger partial charge is 0.478 e. The van der Waals surface area contributed by atoms with Gasteiger partial charge in [0.1, 0.15) is 5.82 Å². The van der Waals surface area contributed by atoms with E-state index in [1.807, 2.05) is 0 Å². The SMILES string of the molecule is C/C(=C/c1ccc(F)cc1C(F)(F)F)C(=O)O. The molecular formula is C11H8F4O2. The van der Waals surface area contributed by atoms with Crippen molar-refractivity contribution in [2.24, 2.45) is 0 Å². The monoisotopic (exact) mass is 248 g/mol. The highest BCUT2D eigenvalue weighted by atomic mass is 19.4. The van der Waals surface area contributed by atoms with Crippen molar-refractivity contribution >= 4 is 12.0 Å². The van der Waals surface area contributed by atoms with Crippen molar-refractivity contribution in [3.8, 4) is 0 Å². The van der Waals surface area contributed by atoms with Gasteiger partial charge in [0.05, 0.1) is 5.56 Å². The third kappa shape index (κ3) is 3.30. The Morgan fingerprint density at radius 3 is 2.41 bits per heavy atom. The summed E-state index contributed by atoms with van der Waals surface area (Å²) in [6.07, 6.45) is -3.88. The van der Waals surface area contributed by atoms with Gasteiger partial charge in [-0.1, -0.05) is 6.07 Å². The maximum atomic E-state index is 12.7. The van der Waals surface area contributed by atoms with Crippen LogP contribution in [0.4, 0.5) is 17.6 Å². The quantitative estimate of drug-likeness (QED) is 0.643. The van der Waals surface area contributed by atoms with E-state index in [-0.39, 0.29) is 11.1 Å². The molecule has 0 radical (unpaired) electrons. The van der Waals surface area contributed by atoms with Gasteiger partial charge >= 0.3 is 12.1 Å². The van der Waals surface area contributed by atoms with Crippen LogP contribution >= 0.6 is 0 Å². The minimum Gasteiger partial charge on any atom is -0.478 e. The molecule has 2 nitrogen and oxygen atoms in total. The summed E-state index contributed by atoms with van der Waals surface area (Å²) in [5.41, 5.74) is -1.83. The number of rotatable bonds is 2. The highest BCUT2D eigenvalue weighted by Crippen LogP contribution is 2.33. The summed E-state index contributed by atoms with van der Waals surface area (Å²) in [6, 6.07) is 2.07. The molecule has 0 bridgehead atoms. The third-order valence-electron chi connectivity index (χ3n) is 2.03. The normalized spacial score (nSPS) is 12.6. The molecule has 0 aliphatic rings. The van der Waals surface area contributed by atoms with Crippen LogP contribution in [0.1, 0.15) is 18.1 Å². The summed E-state index contributed by atoms with van der Waals surface area (Å²) in [7, 11) is 0. The smallest absolute Gasteiger partial charge is 0.417 e. The van der Waals surface area contributed by atoms with Crippen LogP contribution < -0.4 is 0 Å². The summed E-state index contributed by atoms with van der Waals surface area (Å²) in [5, 5.41) is 8.57. The first-order valence-corrected chi connectivity index (χ1v) is 4.50. The number of carboxylic acid groups (broad SMARTS) is 1. The van der Waals surface area contributed by atoms with Gasteiger partial charge in [0, 0.05) is 5.57 Å². The van der Waals surface area contributed by atoms with E-state index in [4.69, 9.17) is 5.11 Å². The van der Waals surface area contributed by atoms with Gasteiger partial charge in [-0.05, 0) is 30.7 Å². The van der Waals surface area contributed by atoms with Crippen molar-refractivity contribution in [2.75, 3.05) is 0 Å². The number of halogens is 4. The molecule has 0 heterocycles. The lowest BCUT2D eigenvalue weighted by atomic mass is 10.0. The van der Waals surface area contributed by atoms with Crippen molar-refractivity contribution in [1.82, 2.24) is 0 Å². The molecular weight excluding hydrogens is 240 g/mol. The molecule has 0 spiro atoms. The van der Waals surface area contributed by atoms with Gasteiger partial charge in [0.15, 0.2) is 0 Å². The number of benzene rings is 1. The Balaban J connectivity index is 3.35. The molecule has 0 atom stereocenters. The van der Waals surface area contributed by atoms with E-state index in [0.29, 0.717) is 6.07 Å². The van der Waals surface area contributed by atoms with E-state index < -0.39 is 23.5 Å². The van der Waals surface area contributed by atoms with Crippen LogP contribution in [-0.4, -0.2) is 11.1 Å². The Morgan fingerprint density at radius 2 is 1.94 bits per heavy atom. The first-order valence-electron chi connectivity index (χ1n) is 4.50. The van der Waals surface area contributed by atoms with E-state index >= 15 is 0 Å². The van der Waals surface area contributed by atoms with Gasteiger partial charge in [-0.25, -0.2) is 9.18 Å². The van der Waals surface area contributed by atoms with E-state index in [1.54, 1.807) is 0 Å². The number of alkyl halides is 3. The molecule has 17 heavy (non-hydrogen) atoms. The first kappa shape index (κ1) is 13.2. The fourth-order valence-corrected chi connectivity index (χ4v) is 1.19. The molecule has 1 aromatic rings. The van der Waals surface area contributed by atoms with Gasteiger partial charge in [0.2, 0.25) is 0 Å². The van der Waals surface area contributed by atoms with Crippen molar-refractivity contribution < 1.29 is 27.5 Å². The average molecular weight is 248 g/mol. The predicted molar refractivity (Wildman–Crippen MR) is 52.7 cm³/mol. The van der Waals surface area contributed by atoms with Gasteiger partial charge in [0.25, 0.3) is 0 Å². The Morgan fingerprint density at radius 1 is 1.35 bits per heavy atom. The molecule has 6 heteroatoms. The van der Waals surface area contributed by atoms with Crippen molar-refractivity contribution in [3.63, 3.8) is 0 Å². The fraction of sp³-hybridized carbons (Fsp3) is 0.182. The molecule has 0 saturated carbocycles. The Kier molecular flexibility index (Phi) is 3.55. The minimum atomic E-state index is -4.73. The summed E-state index contributed by atoms with van der Waals surface area (Å²) >= 11 is 0. The molecule has 1 N–H and O–H groups in total. The van der Waals surface area contributed by atoms with Crippen LogP contribution in [-0.2, 0) is 11.0 Å². The molecule has 0 saturated heterocycles. The second-order valence-electron chi connectivity index (χ2n) is 3.36. The molecule has 0 unspecified atom stereocenters. The first-order chi connectivity index (χ1) is 7.71. The van der Waals surface area contributed by atoms with Crippen LogP contribution in [0.25, 0.3) is 6.08 Å². The zero-order valence-corrected chi connectivity index (χ0v) is 8.68. The molecule has 1 rings (SSSR count). The Bertz CT molecular complexity index is 475. The maximum Gasteiger partial charge on any atom is 0.417 e. The number of carboxylic acids is 1. The maximum absolute atomic E-state index is 12.7. The minimum absolute atomic E-state index is 0.262. The van der Waals surface area contributed by atoms with Crippen LogP contribution in [0.2, 0.25) is 0 Å². The standard InChI is InChI=1S/C11H8F4O2/c1-6(10(16)17)4-7-2-3-8(12)5-9(7)11(13,14)15/h2-5H,1H3,(H,16,17)/b6-4-. The summed E-state index contributed by atoms with van der Waals surface area (Å²) in [4.78, 5) is 10.5. The lowest BCUT2D eigenvalue weighted by Crippen LogP contribution is -2.08. The predicted octanol–water partition coefficient (Wildman–Crippen LogP) is 3.33. The highest BCUT2D eigenvalue weighted by Gasteiger charge is 2.33. The van der Waals surface area contributed by atoms with E-state index in [1.165, 1.54) is 0 Å². The Hall–Kier alpha value is -1.85. The summed E-state index contributed by atoms with van der Waals surface area (Å²) in [6.45, 7) is 1.16. The lowest BCUT2D eigenvalue weighted by Gasteiger charge is -2.10. The van der Waals surface area contributed by atoms with Crippen molar-refractivity contribution in [3.05, 3.63) is 40.7 Å². The number of hydrogen-bond donors (Lipinski definition) is 1. The average Bonchev–Trinajstić information content (AvgIpc) is 2.18. The second-order valence-corrected chi connectivity index (χ2v) is 3.36. The Labute approximate surface area is 94.2 Å². The van der Waals surface area contributed by atoms with Gasteiger partial charge in [-0.15, -0.1) is 0 Å². The topological polar surface area (TPSA) is 37.3 Å². The molecule has 0 aliphatic carbocycles. The van der Waals surface area contributed by atoms with Crippen LogP contribution in [0, 0.1) is 5.82 Å². The van der Waals surface area contributed by atoms with Crippen LogP contribution in [0.5, 0.6) is 0 Å². The van der Waals surface area contributed by atoms with Gasteiger partial charge in [-0.3, -0.25) is 0 Å². The third-order valence-corrected chi connectivity index (χ3v) is 2.03. The van der Waals surface area contributed by atoms with E-state index in [2.05, 4.69) is 0 Å². The van der Waals surface area contributed by atoms with Crippen LogP contribution in [0.15, 0.2) is 23.8 Å². The zero-order chi connectivity index (χ0) is 13.2. The molecule has 92 valence electrons. The van der Waals surface area contributed by atoms with Gasteiger partial charge in [-0.2, -0.15) is 13.2 Å².